The van der Waals surface area contributed by atoms with Gasteiger partial charge in [-0.3, -0.25) is 0 Å². The highest BCUT2D eigenvalue weighted by Gasteiger charge is 2.33. The van der Waals surface area contributed by atoms with Crippen LogP contribution in [0.5, 0.6) is 0 Å². The van der Waals surface area contributed by atoms with Crippen molar-refractivity contribution in [2.24, 2.45) is 0 Å². The van der Waals surface area contributed by atoms with E-state index in [0.29, 0.717) is 5.56 Å². The van der Waals surface area contributed by atoms with Gasteiger partial charge >= 0.3 is 5.97 Å². The second-order valence-corrected chi connectivity index (χ2v) is 6.44. The number of carboxylic acids is 1. The predicted octanol–water partition coefficient (Wildman–Crippen LogP) is 4.94. The Hall–Kier alpha value is -1.13. The van der Waals surface area contributed by atoms with E-state index in [2.05, 4.69) is 37.9 Å². The van der Waals surface area contributed by atoms with Gasteiger partial charge in [0.25, 0.3) is 0 Å². The molecule has 1 N–H and O–H groups in total. The molecule has 0 spiro atoms. The molecule has 0 amide bonds. The molecule has 0 saturated carbocycles. The molecule has 0 aliphatic heterocycles. The Labute approximate surface area is 127 Å². The van der Waals surface area contributed by atoms with Crippen LogP contribution in [0, 0.1) is 0 Å². The fraction of sp³-hybridized carbons (Fsp3) is 0.133. The molecule has 0 bridgehead atoms. The quantitative estimate of drug-likeness (QED) is 0.710. The third-order valence-corrected chi connectivity index (χ3v) is 6.14. The number of alkyl halides is 2. The maximum Gasteiger partial charge on any atom is 0.336 e. The second-order valence-electron chi connectivity index (χ2n) is 4.46. The number of halogens is 2. The molecule has 0 aromatic heterocycles. The summed E-state index contributed by atoms with van der Waals surface area (Å²) in [7, 11) is 0. The topological polar surface area (TPSA) is 37.3 Å². The molecule has 19 heavy (non-hydrogen) atoms. The number of hydrogen-bond donors (Lipinski definition) is 1. The predicted molar refractivity (Wildman–Crippen MR) is 82.2 cm³/mol. The van der Waals surface area contributed by atoms with Crippen molar-refractivity contribution in [3.8, 4) is 11.1 Å². The number of rotatable bonds is 1. The van der Waals surface area contributed by atoms with E-state index in [1.54, 1.807) is 12.1 Å². The Balaban J connectivity index is 2.36. The summed E-state index contributed by atoms with van der Waals surface area (Å²) in [5.41, 5.74) is 4.47. The largest absolute Gasteiger partial charge is 0.478 e. The first-order valence-electron chi connectivity index (χ1n) is 5.85. The average molecular weight is 382 g/mol. The van der Waals surface area contributed by atoms with Gasteiger partial charge in [-0.15, -0.1) is 0 Å². The normalized spacial score (nSPS) is 20.5. The minimum absolute atomic E-state index is 0.0512. The molecule has 0 saturated heterocycles. The number of benzene rings is 2. The lowest BCUT2D eigenvalue weighted by atomic mass is 9.83. The summed E-state index contributed by atoms with van der Waals surface area (Å²) in [6.07, 6.45) is 0. The van der Waals surface area contributed by atoms with E-state index >= 15 is 0 Å². The van der Waals surface area contributed by atoms with E-state index in [1.807, 2.05) is 24.3 Å². The van der Waals surface area contributed by atoms with Gasteiger partial charge in [-0.2, -0.15) is 0 Å². The average Bonchev–Trinajstić information content (AvgIpc) is 2.44. The molecule has 96 valence electrons. The van der Waals surface area contributed by atoms with Crippen LogP contribution in [-0.4, -0.2) is 11.1 Å². The highest BCUT2D eigenvalue weighted by Crippen LogP contribution is 2.53. The summed E-state index contributed by atoms with van der Waals surface area (Å²) in [5, 5.41) is 9.36. The molecule has 1 aliphatic carbocycles. The SMILES string of the molecule is O=C(O)c1cccc2c1[C@@H](Br)[C@H](Br)c1ccccc1-2. The van der Waals surface area contributed by atoms with Gasteiger partial charge in [0.15, 0.2) is 0 Å². The van der Waals surface area contributed by atoms with Crippen LogP contribution in [0.25, 0.3) is 11.1 Å². The maximum absolute atomic E-state index is 11.4. The molecule has 2 aromatic carbocycles. The van der Waals surface area contributed by atoms with E-state index in [-0.39, 0.29) is 9.65 Å². The van der Waals surface area contributed by atoms with Crippen molar-refractivity contribution >= 4 is 37.8 Å². The molecule has 2 atom stereocenters. The molecule has 2 aromatic rings. The van der Waals surface area contributed by atoms with Crippen LogP contribution >= 0.6 is 31.9 Å². The van der Waals surface area contributed by atoms with Gasteiger partial charge in [-0.05, 0) is 28.3 Å². The molecule has 3 rings (SSSR count). The molecular formula is C15H10Br2O2. The van der Waals surface area contributed by atoms with Crippen LogP contribution in [0.15, 0.2) is 42.5 Å². The summed E-state index contributed by atoms with van der Waals surface area (Å²) in [6.45, 7) is 0. The van der Waals surface area contributed by atoms with E-state index < -0.39 is 5.97 Å². The molecule has 0 heterocycles. The first-order valence-corrected chi connectivity index (χ1v) is 7.68. The van der Waals surface area contributed by atoms with Gasteiger partial charge in [-0.25, -0.2) is 4.79 Å². The van der Waals surface area contributed by atoms with Crippen molar-refractivity contribution < 1.29 is 9.90 Å². The summed E-state index contributed by atoms with van der Waals surface area (Å²) >= 11 is 7.30. The first-order chi connectivity index (χ1) is 9.11. The second kappa shape index (κ2) is 4.76. The number of carboxylic acid groups (broad SMARTS) is 1. The molecule has 2 nitrogen and oxygen atoms in total. The number of hydrogen-bond acceptors (Lipinski definition) is 1. The highest BCUT2D eigenvalue weighted by molar-refractivity contribution is 9.12. The molecule has 0 radical (unpaired) electrons. The van der Waals surface area contributed by atoms with Gasteiger partial charge in [-0.1, -0.05) is 68.3 Å². The number of fused-ring (bicyclic) bond motifs is 3. The third kappa shape index (κ3) is 1.94. The van der Waals surface area contributed by atoms with E-state index in [1.165, 1.54) is 5.56 Å². The van der Waals surface area contributed by atoms with Crippen molar-refractivity contribution in [1.29, 1.82) is 0 Å². The zero-order valence-electron chi connectivity index (χ0n) is 9.81. The van der Waals surface area contributed by atoms with Crippen LogP contribution in [0.3, 0.4) is 0 Å². The van der Waals surface area contributed by atoms with E-state index in [4.69, 9.17) is 0 Å². The Kier molecular flexibility index (Phi) is 3.23. The maximum atomic E-state index is 11.4. The van der Waals surface area contributed by atoms with Crippen molar-refractivity contribution in [3.63, 3.8) is 0 Å². The zero-order valence-corrected chi connectivity index (χ0v) is 13.0. The van der Waals surface area contributed by atoms with Crippen LogP contribution in [-0.2, 0) is 0 Å². The van der Waals surface area contributed by atoms with Crippen LogP contribution in [0.4, 0.5) is 0 Å². The van der Waals surface area contributed by atoms with Gasteiger partial charge in [0.1, 0.15) is 0 Å². The minimum atomic E-state index is -0.889. The molecule has 0 unspecified atom stereocenters. The highest BCUT2D eigenvalue weighted by atomic mass is 79.9. The van der Waals surface area contributed by atoms with Crippen LogP contribution in [0.2, 0.25) is 0 Å². The lowest BCUT2D eigenvalue weighted by Gasteiger charge is -2.29. The van der Waals surface area contributed by atoms with Crippen molar-refractivity contribution in [2.45, 2.75) is 9.65 Å². The summed E-state index contributed by atoms with van der Waals surface area (Å²) in [5.74, 6) is -0.889. The number of aromatic carboxylic acids is 1. The number of carbonyl (C=O) groups is 1. The Morgan fingerprint density at radius 2 is 1.63 bits per heavy atom. The van der Waals surface area contributed by atoms with Gasteiger partial charge < -0.3 is 5.11 Å². The Morgan fingerprint density at radius 1 is 0.947 bits per heavy atom. The third-order valence-electron chi connectivity index (χ3n) is 3.42. The fourth-order valence-electron chi connectivity index (χ4n) is 2.57. The first kappa shape index (κ1) is 12.9. The van der Waals surface area contributed by atoms with Gasteiger partial charge in [0.05, 0.1) is 15.2 Å². The van der Waals surface area contributed by atoms with E-state index in [9.17, 15) is 9.90 Å². The molecule has 0 fully saturated rings. The standard InChI is InChI=1S/C15H10Br2O2/c16-13-10-5-2-1-4-8(10)9-6-3-7-11(15(18)19)12(9)14(13)17/h1-7,13-14H,(H,18,19)/t13-,14-/m1/s1. The molecule has 4 heteroatoms. The summed E-state index contributed by atoms with van der Waals surface area (Å²) in [4.78, 5) is 11.4. The monoisotopic (exact) mass is 380 g/mol. The summed E-state index contributed by atoms with van der Waals surface area (Å²) < 4.78 is 0. The van der Waals surface area contributed by atoms with Crippen LogP contribution in [0.1, 0.15) is 31.1 Å². The minimum Gasteiger partial charge on any atom is -0.478 e. The lowest BCUT2D eigenvalue weighted by molar-refractivity contribution is 0.0695. The smallest absolute Gasteiger partial charge is 0.336 e. The van der Waals surface area contributed by atoms with E-state index in [0.717, 1.165) is 16.7 Å². The Morgan fingerprint density at radius 3 is 2.37 bits per heavy atom. The van der Waals surface area contributed by atoms with Crippen molar-refractivity contribution in [2.75, 3.05) is 0 Å². The Bertz CT molecular complexity index is 667. The summed E-state index contributed by atoms with van der Waals surface area (Å²) in [6, 6.07) is 13.5. The van der Waals surface area contributed by atoms with Crippen molar-refractivity contribution in [3.05, 3.63) is 59.2 Å². The zero-order chi connectivity index (χ0) is 13.6. The molecular weight excluding hydrogens is 372 g/mol. The van der Waals surface area contributed by atoms with Gasteiger partial charge in [0.2, 0.25) is 0 Å². The molecule has 1 aliphatic rings. The van der Waals surface area contributed by atoms with Gasteiger partial charge in [0, 0.05) is 0 Å². The lowest BCUT2D eigenvalue weighted by Crippen LogP contribution is -2.14. The fourth-order valence-corrected chi connectivity index (χ4v) is 4.01. The van der Waals surface area contributed by atoms with Crippen LogP contribution < -0.4 is 0 Å². The van der Waals surface area contributed by atoms with Crippen molar-refractivity contribution in [1.82, 2.24) is 0 Å².